The normalized spacial score (nSPS) is 19.0. The van der Waals surface area contributed by atoms with Gasteiger partial charge in [-0.1, -0.05) is 18.2 Å². The van der Waals surface area contributed by atoms with Gasteiger partial charge in [0.2, 0.25) is 18.2 Å². The Morgan fingerprint density at radius 3 is 2.75 bits per heavy atom. The molecular weight excluding hydrogens is 402 g/mol. The minimum absolute atomic E-state index is 0.257. The van der Waals surface area contributed by atoms with Gasteiger partial charge in [-0.25, -0.2) is 4.99 Å². The second-order valence-electron chi connectivity index (χ2n) is 8.01. The van der Waals surface area contributed by atoms with Crippen molar-refractivity contribution in [3.8, 4) is 0 Å². The molecule has 0 amide bonds. The van der Waals surface area contributed by atoms with E-state index in [9.17, 15) is 0 Å². The molecule has 3 N–H and O–H groups in total. The van der Waals surface area contributed by atoms with Crippen LogP contribution < -0.4 is 16.0 Å². The Labute approximate surface area is 187 Å². The maximum absolute atomic E-state index is 6.20. The molecule has 3 heterocycles. The summed E-state index contributed by atoms with van der Waals surface area (Å²) < 4.78 is 5.57. The fourth-order valence-electron chi connectivity index (χ4n) is 4.08. The fraction of sp³-hybridized carbons (Fsp3) is 0.292. The number of morpholine rings is 1. The summed E-state index contributed by atoms with van der Waals surface area (Å²) in [4.78, 5) is 18.1. The van der Waals surface area contributed by atoms with Crippen molar-refractivity contribution in [1.82, 2.24) is 9.88 Å². The molecule has 0 bridgehead atoms. The van der Waals surface area contributed by atoms with Crippen molar-refractivity contribution in [2.24, 2.45) is 15.7 Å². The summed E-state index contributed by atoms with van der Waals surface area (Å²) in [6, 6.07) is 16.4. The first kappa shape index (κ1) is 20.3. The predicted octanol–water partition coefficient (Wildman–Crippen LogP) is 3.07. The Morgan fingerprint density at radius 2 is 1.91 bits per heavy atom. The predicted molar refractivity (Wildman–Crippen MR) is 129 cm³/mol. The number of rotatable bonds is 3. The average molecular weight is 430 g/mol. The number of aromatic nitrogens is 1. The third-order valence-corrected chi connectivity index (χ3v) is 5.98. The van der Waals surface area contributed by atoms with Crippen molar-refractivity contribution in [2.45, 2.75) is 20.1 Å². The van der Waals surface area contributed by atoms with Gasteiger partial charge in [0.05, 0.1) is 18.7 Å². The highest BCUT2D eigenvalue weighted by Crippen LogP contribution is 2.28. The monoisotopic (exact) mass is 429 g/mol. The van der Waals surface area contributed by atoms with Gasteiger partial charge >= 0.3 is 0 Å². The lowest BCUT2D eigenvalue weighted by Crippen LogP contribution is -2.57. The minimum Gasteiger partial charge on any atom is -0.378 e. The van der Waals surface area contributed by atoms with E-state index >= 15 is 0 Å². The molecule has 2 aliphatic heterocycles. The molecule has 32 heavy (non-hydrogen) atoms. The van der Waals surface area contributed by atoms with Crippen molar-refractivity contribution < 1.29 is 4.74 Å². The number of nitrogens with one attached hydrogen (secondary N) is 1. The van der Waals surface area contributed by atoms with Crippen LogP contribution in [-0.4, -0.2) is 54.4 Å². The van der Waals surface area contributed by atoms with Crippen molar-refractivity contribution >= 4 is 34.2 Å². The van der Waals surface area contributed by atoms with Crippen LogP contribution in [0, 0.1) is 13.8 Å². The molecular formula is C24H27N7O. The van der Waals surface area contributed by atoms with E-state index in [1.807, 2.05) is 18.2 Å². The first-order valence-corrected chi connectivity index (χ1v) is 10.8. The van der Waals surface area contributed by atoms with Crippen LogP contribution in [0.1, 0.15) is 11.1 Å². The van der Waals surface area contributed by atoms with Gasteiger partial charge in [0.15, 0.2) is 0 Å². The van der Waals surface area contributed by atoms with Gasteiger partial charge in [0.25, 0.3) is 0 Å². The Balaban J connectivity index is 1.59. The number of fused-ring (bicyclic) bond motifs is 1. The van der Waals surface area contributed by atoms with Crippen LogP contribution >= 0.6 is 0 Å². The maximum Gasteiger partial charge on any atom is 0.222 e. The summed E-state index contributed by atoms with van der Waals surface area (Å²) in [6.45, 7) is 7.01. The molecule has 1 fully saturated rings. The van der Waals surface area contributed by atoms with Gasteiger partial charge in [-0.2, -0.15) is 4.99 Å². The molecule has 2 aromatic carbocycles. The van der Waals surface area contributed by atoms with Gasteiger partial charge in [-0.05, 0) is 55.3 Å². The van der Waals surface area contributed by atoms with Crippen LogP contribution in [-0.2, 0) is 4.74 Å². The van der Waals surface area contributed by atoms with E-state index < -0.39 is 6.29 Å². The van der Waals surface area contributed by atoms with E-state index in [1.54, 1.807) is 6.20 Å². The number of anilines is 2. The summed E-state index contributed by atoms with van der Waals surface area (Å²) in [7, 11) is 0. The van der Waals surface area contributed by atoms with E-state index in [0.717, 1.165) is 41.3 Å². The zero-order valence-electron chi connectivity index (χ0n) is 18.3. The largest absolute Gasteiger partial charge is 0.378 e. The molecule has 1 aromatic heterocycles. The van der Waals surface area contributed by atoms with Crippen molar-refractivity contribution in [1.29, 1.82) is 0 Å². The number of nitrogens with two attached hydrogens (primary N) is 1. The SMILES string of the molecule is Cc1cccc(NC2N=C(N)N=C(N3CCOCC3)N2c2ccc3ncccc3c2)c1C. The summed E-state index contributed by atoms with van der Waals surface area (Å²) in [6.07, 6.45) is 1.36. The van der Waals surface area contributed by atoms with E-state index in [1.165, 1.54) is 11.1 Å². The number of aliphatic imine (C=N–C) groups is 2. The Kier molecular flexibility index (Phi) is 5.36. The number of hydrogen-bond donors (Lipinski definition) is 2. The highest BCUT2D eigenvalue weighted by atomic mass is 16.5. The van der Waals surface area contributed by atoms with Gasteiger partial charge in [-0.15, -0.1) is 0 Å². The molecule has 5 rings (SSSR count). The summed E-state index contributed by atoms with van der Waals surface area (Å²) in [5.74, 6) is 1.03. The molecule has 8 heteroatoms. The molecule has 164 valence electrons. The van der Waals surface area contributed by atoms with E-state index in [4.69, 9.17) is 10.5 Å². The van der Waals surface area contributed by atoms with Crippen molar-refractivity contribution in [3.05, 3.63) is 65.9 Å². The lowest BCUT2D eigenvalue weighted by Gasteiger charge is -2.41. The van der Waals surface area contributed by atoms with Crippen molar-refractivity contribution in [2.75, 3.05) is 36.5 Å². The lowest BCUT2D eigenvalue weighted by molar-refractivity contribution is 0.0671. The quantitative estimate of drug-likeness (QED) is 0.665. The van der Waals surface area contributed by atoms with Gasteiger partial charge in [0.1, 0.15) is 0 Å². The number of pyridine rings is 1. The topological polar surface area (TPSA) is 91.4 Å². The smallest absolute Gasteiger partial charge is 0.222 e. The average Bonchev–Trinajstić information content (AvgIpc) is 2.82. The zero-order chi connectivity index (χ0) is 22.1. The van der Waals surface area contributed by atoms with Crippen molar-refractivity contribution in [3.63, 3.8) is 0 Å². The van der Waals surface area contributed by atoms with Gasteiger partial charge in [0, 0.05) is 36.0 Å². The Bertz CT molecular complexity index is 1200. The number of benzene rings is 2. The van der Waals surface area contributed by atoms with Crippen LogP contribution in [0.15, 0.2) is 64.7 Å². The summed E-state index contributed by atoms with van der Waals surface area (Å²) in [5.41, 5.74) is 11.5. The number of aryl methyl sites for hydroxylation is 1. The second-order valence-corrected chi connectivity index (χ2v) is 8.01. The number of hydrogen-bond acceptors (Lipinski definition) is 8. The standard InChI is InChI=1S/C24H27N7O/c1-16-5-3-7-20(17(16)2)27-23-28-22(25)29-24(30-11-13-32-14-12-30)31(23)19-8-9-21-18(15-19)6-4-10-26-21/h3-10,15,23,27H,11-14H2,1-2H3,(H2,25,28). The first-order valence-electron chi connectivity index (χ1n) is 10.8. The molecule has 3 aromatic rings. The minimum atomic E-state index is -0.444. The summed E-state index contributed by atoms with van der Waals surface area (Å²) in [5, 5.41) is 4.65. The maximum atomic E-state index is 6.20. The molecule has 0 spiro atoms. The van der Waals surface area contributed by atoms with Crippen LogP contribution in [0.3, 0.4) is 0 Å². The first-order chi connectivity index (χ1) is 15.6. The van der Waals surface area contributed by atoms with E-state index in [0.29, 0.717) is 13.2 Å². The number of nitrogens with zero attached hydrogens (tertiary/aromatic N) is 5. The molecule has 1 unspecified atom stereocenters. The van der Waals surface area contributed by atoms with Gasteiger partial charge < -0.3 is 20.7 Å². The Hall–Kier alpha value is -3.65. The van der Waals surface area contributed by atoms with Crippen LogP contribution in [0.5, 0.6) is 0 Å². The third kappa shape index (κ3) is 3.85. The fourth-order valence-corrected chi connectivity index (χ4v) is 4.08. The zero-order valence-corrected chi connectivity index (χ0v) is 18.3. The van der Waals surface area contributed by atoms with Crippen LogP contribution in [0.4, 0.5) is 11.4 Å². The number of ether oxygens (including phenoxy) is 1. The molecule has 1 saturated heterocycles. The molecule has 0 aliphatic carbocycles. The molecule has 1 atom stereocenters. The molecule has 0 radical (unpaired) electrons. The van der Waals surface area contributed by atoms with Gasteiger partial charge in [-0.3, -0.25) is 9.88 Å². The molecule has 0 saturated carbocycles. The lowest BCUT2D eigenvalue weighted by atomic mass is 10.1. The Morgan fingerprint density at radius 1 is 1.06 bits per heavy atom. The van der Waals surface area contributed by atoms with Crippen LogP contribution in [0.2, 0.25) is 0 Å². The summed E-state index contributed by atoms with van der Waals surface area (Å²) >= 11 is 0. The number of guanidine groups is 2. The third-order valence-electron chi connectivity index (χ3n) is 5.98. The molecule has 8 nitrogen and oxygen atoms in total. The van der Waals surface area contributed by atoms with E-state index in [2.05, 4.69) is 74.3 Å². The molecule has 2 aliphatic rings. The van der Waals surface area contributed by atoms with E-state index in [-0.39, 0.29) is 5.96 Å². The highest BCUT2D eigenvalue weighted by molar-refractivity contribution is 6.06. The highest BCUT2D eigenvalue weighted by Gasteiger charge is 2.32. The van der Waals surface area contributed by atoms with Crippen LogP contribution in [0.25, 0.3) is 10.9 Å². The second kappa shape index (κ2) is 8.47.